The van der Waals surface area contributed by atoms with Crippen LogP contribution in [0, 0.1) is 0 Å². The molecule has 0 bridgehead atoms. The molecule has 0 fully saturated rings. The number of aliphatic hydroxyl groups excluding tert-OH is 2. The highest BCUT2D eigenvalue weighted by molar-refractivity contribution is 7.59. The van der Waals surface area contributed by atoms with Gasteiger partial charge in [-0.15, -0.1) is 25.6 Å². The largest absolute Gasteiger partial charge is 0.444 e. The van der Waals surface area contributed by atoms with Gasteiger partial charge in [0.25, 0.3) is 0 Å². The first-order valence-electron chi connectivity index (χ1n) is 11.1. The summed E-state index contributed by atoms with van der Waals surface area (Å²) in [5.74, 6) is 0. The van der Waals surface area contributed by atoms with Gasteiger partial charge in [-0.3, -0.25) is 0 Å². The van der Waals surface area contributed by atoms with Crippen LogP contribution in [-0.4, -0.2) is 81.6 Å². The first kappa shape index (κ1) is 47.9. The minimum absolute atomic E-state index is 0. The normalized spacial score (nSPS) is 12.3. The molecule has 0 radical (unpaired) electrons. The van der Waals surface area contributed by atoms with Crippen molar-refractivity contribution >= 4 is 53.8 Å². The van der Waals surface area contributed by atoms with E-state index in [1.165, 1.54) is 0 Å². The summed E-state index contributed by atoms with van der Waals surface area (Å²) in [6.07, 6.45) is 4.80. The Morgan fingerprint density at radius 2 is 1.49 bits per heavy atom. The number of nitrogens with one attached hydrogen (secondary N) is 1. The maximum absolute atomic E-state index is 12.2. The van der Waals surface area contributed by atoms with Gasteiger partial charge in [-0.2, -0.15) is 27.0 Å². The van der Waals surface area contributed by atoms with Crippen molar-refractivity contribution < 1.29 is 24.2 Å². The summed E-state index contributed by atoms with van der Waals surface area (Å²) in [7, 11) is 2.75. The molecule has 0 saturated carbocycles. The molecule has 216 valence electrons. The second-order valence-corrected chi connectivity index (χ2v) is 14.8. The van der Waals surface area contributed by atoms with Crippen molar-refractivity contribution in [3.05, 3.63) is 25.3 Å². The number of nitrogens with zero attached hydrogens (tertiary/aromatic N) is 1. The van der Waals surface area contributed by atoms with Crippen LogP contribution in [0.15, 0.2) is 25.3 Å². The third-order valence-corrected chi connectivity index (χ3v) is 9.69. The molecule has 0 aromatic carbocycles. The number of amides is 1. The van der Waals surface area contributed by atoms with Crippen LogP contribution in [0.3, 0.4) is 0 Å². The molecule has 0 heterocycles. The summed E-state index contributed by atoms with van der Waals surface area (Å²) in [6.45, 7) is 24.7. The molecule has 0 unspecified atom stereocenters. The lowest BCUT2D eigenvalue weighted by Crippen LogP contribution is -2.47. The van der Waals surface area contributed by atoms with E-state index in [-0.39, 0.29) is 69.2 Å². The third kappa shape index (κ3) is 23.9. The second kappa shape index (κ2) is 24.2. The smallest absolute Gasteiger partial charge is 0.410 e. The monoisotopic (exact) mass is 580 g/mol. The van der Waals surface area contributed by atoms with Crippen LogP contribution in [0.25, 0.3) is 0 Å². The summed E-state index contributed by atoms with van der Waals surface area (Å²) < 4.78 is 11.7. The van der Waals surface area contributed by atoms with E-state index in [0.29, 0.717) is 13.0 Å². The SMILES string of the molecule is C=CC[C@@H](CO)NC.C=CC[C@@H](CO[Si](C)(C)C(C)(C)C)N(C)C(=O)OC(C)(C)C.CO.Cl.S.S. The molecular weight excluding hydrogens is 524 g/mol. The van der Waals surface area contributed by atoms with Crippen molar-refractivity contribution in [1.29, 1.82) is 0 Å². The van der Waals surface area contributed by atoms with Gasteiger partial charge in [-0.25, -0.2) is 4.79 Å². The number of aliphatic hydroxyl groups is 2. The van der Waals surface area contributed by atoms with Gasteiger partial charge in [0.1, 0.15) is 5.60 Å². The Morgan fingerprint density at radius 3 is 1.74 bits per heavy atom. The van der Waals surface area contributed by atoms with E-state index < -0.39 is 13.9 Å². The number of hydrogen-bond donors (Lipinski definition) is 3. The number of rotatable bonds is 10. The van der Waals surface area contributed by atoms with Crippen molar-refractivity contribution in [2.45, 2.75) is 90.2 Å². The van der Waals surface area contributed by atoms with Gasteiger partial charge in [-0.1, -0.05) is 32.9 Å². The van der Waals surface area contributed by atoms with Gasteiger partial charge in [-0.05, 0) is 58.8 Å². The summed E-state index contributed by atoms with van der Waals surface area (Å²) in [4.78, 5) is 13.8. The van der Waals surface area contributed by atoms with Gasteiger partial charge < -0.3 is 29.6 Å². The number of carbonyl (C=O) groups is 1. The molecule has 0 saturated heterocycles. The van der Waals surface area contributed by atoms with Crippen molar-refractivity contribution in [2.75, 3.05) is 34.4 Å². The lowest BCUT2D eigenvalue weighted by molar-refractivity contribution is 0.0172. The predicted octanol–water partition coefficient (Wildman–Crippen LogP) is 5.22. The lowest BCUT2D eigenvalue weighted by Gasteiger charge is -2.38. The maximum Gasteiger partial charge on any atom is 0.410 e. The Bertz CT molecular complexity index is 527. The molecule has 0 aromatic heterocycles. The average molecular weight is 581 g/mol. The van der Waals surface area contributed by atoms with E-state index >= 15 is 0 Å². The summed E-state index contributed by atoms with van der Waals surface area (Å²) >= 11 is 0. The fourth-order valence-electron chi connectivity index (χ4n) is 2.02. The van der Waals surface area contributed by atoms with Gasteiger partial charge in [0.2, 0.25) is 0 Å². The van der Waals surface area contributed by atoms with Crippen molar-refractivity contribution in [3.8, 4) is 0 Å². The molecule has 3 N–H and O–H groups in total. The Hall–Kier alpha value is -0.203. The zero-order valence-corrected chi connectivity index (χ0v) is 27.8. The Labute approximate surface area is 237 Å². The van der Waals surface area contributed by atoms with E-state index in [4.69, 9.17) is 19.4 Å². The molecule has 0 aromatic rings. The van der Waals surface area contributed by atoms with Crippen LogP contribution < -0.4 is 5.32 Å². The number of ether oxygens (including phenoxy) is 1. The van der Waals surface area contributed by atoms with Crippen LogP contribution in [0.4, 0.5) is 4.79 Å². The van der Waals surface area contributed by atoms with E-state index in [1.807, 2.05) is 33.9 Å². The summed E-state index contributed by atoms with van der Waals surface area (Å²) in [5, 5.41) is 18.6. The number of halogens is 1. The Morgan fingerprint density at radius 1 is 1.06 bits per heavy atom. The molecule has 35 heavy (non-hydrogen) atoms. The van der Waals surface area contributed by atoms with Crippen LogP contribution in [0.2, 0.25) is 18.1 Å². The van der Waals surface area contributed by atoms with E-state index in [2.05, 4.69) is 52.3 Å². The highest BCUT2D eigenvalue weighted by Gasteiger charge is 2.38. The molecule has 0 aliphatic carbocycles. The van der Waals surface area contributed by atoms with E-state index in [9.17, 15) is 4.79 Å². The van der Waals surface area contributed by atoms with E-state index in [1.54, 1.807) is 18.0 Å². The third-order valence-electron chi connectivity index (χ3n) is 5.19. The van der Waals surface area contributed by atoms with Crippen LogP contribution in [0.1, 0.15) is 54.4 Å². The summed E-state index contributed by atoms with van der Waals surface area (Å²) in [5.41, 5.74) is -0.496. The fourth-order valence-corrected chi connectivity index (χ4v) is 3.06. The quantitative estimate of drug-likeness (QED) is 0.242. The number of hydrogen-bond acceptors (Lipinski definition) is 6. The van der Waals surface area contributed by atoms with E-state index in [0.717, 1.165) is 13.5 Å². The molecule has 1 amide bonds. The van der Waals surface area contributed by atoms with Crippen LogP contribution >= 0.6 is 39.4 Å². The highest BCUT2D eigenvalue weighted by atomic mass is 35.5. The molecule has 7 nitrogen and oxygen atoms in total. The molecule has 0 aliphatic rings. The minimum atomic E-state index is -1.84. The molecule has 2 atom stereocenters. The Kier molecular flexibility index (Phi) is 33.1. The molecule has 0 aliphatic heterocycles. The molecular formula is C24H57ClN2O5S2Si. The average Bonchev–Trinajstić information content (AvgIpc) is 2.68. The molecule has 0 rings (SSSR count). The van der Waals surface area contributed by atoms with Crippen molar-refractivity contribution in [2.24, 2.45) is 0 Å². The maximum atomic E-state index is 12.2. The Balaban J connectivity index is -0.000000138. The first-order valence-corrected chi connectivity index (χ1v) is 14.0. The number of likely N-dealkylation sites (N-methyl/N-ethyl adjacent to an activating group) is 2. The fraction of sp³-hybridized carbons (Fsp3) is 0.792. The van der Waals surface area contributed by atoms with Gasteiger partial charge in [0.15, 0.2) is 8.32 Å². The molecule has 0 spiro atoms. The number of carbonyl (C=O) groups excluding carboxylic acids is 1. The standard InChI is InChI=1S/C17H35NO3Si.C6H13NO.CH4O.ClH.2H2S/c1-11-12-14(13-20-22(9,10)17(5,6)7)18(8)15(19)21-16(2,3)4;1-3-4-6(5-8)7-2;1-2;;;/h11,14H,1,12-13H2,2-10H3;3,6-8H,1,4-5H2,2H3;2H,1H3;1H;2*1H2/t14-;6-;;;;/m00..../s1. The second-order valence-electron chi connectivity index (χ2n) is 10.0. The first-order chi connectivity index (χ1) is 14.6. The van der Waals surface area contributed by atoms with Crippen molar-refractivity contribution in [3.63, 3.8) is 0 Å². The lowest BCUT2D eigenvalue weighted by atomic mass is 10.2. The van der Waals surface area contributed by atoms with Gasteiger partial charge in [0.05, 0.1) is 19.3 Å². The minimum Gasteiger partial charge on any atom is -0.444 e. The van der Waals surface area contributed by atoms with Crippen molar-refractivity contribution in [1.82, 2.24) is 10.2 Å². The zero-order chi connectivity index (χ0) is 26.2. The van der Waals surface area contributed by atoms with Crippen LogP contribution in [0.5, 0.6) is 0 Å². The van der Waals surface area contributed by atoms with Gasteiger partial charge >= 0.3 is 6.09 Å². The predicted molar refractivity (Wildman–Crippen MR) is 167 cm³/mol. The zero-order valence-electron chi connectivity index (χ0n) is 24.0. The highest BCUT2D eigenvalue weighted by Crippen LogP contribution is 2.36. The topological polar surface area (TPSA) is 91.3 Å². The van der Waals surface area contributed by atoms with Gasteiger partial charge in [0, 0.05) is 20.2 Å². The molecule has 11 heteroatoms. The summed E-state index contributed by atoms with van der Waals surface area (Å²) in [6, 6.07) is 0.133. The van der Waals surface area contributed by atoms with Crippen LogP contribution in [-0.2, 0) is 9.16 Å².